The molecule has 1 amide bonds. The number of nitrogens with zero attached hydrogens (tertiary/aromatic N) is 3. The van der Waals surface area contributed by atoms with E-state index in [-0.39, 0.29) is 27.6 Å². The minimum absolute atomic E-state index is 0.00187. The Labute approximate surface area is 185 Å². The van der Waals surface area contributed by atoms with Crippen LogP contribution in [0.5, 0.6) is 5.75 Å². The number of fused-ring (bicyclic) bond motifs is 1. The third kappa shape index (κ3) is 3.98. The minimum atomic E-state index is -3.78. The van der Waals surface area contributed by atoms with Crippen molar-refractivity contribution >= 4 is 32.4 Å². The average Bonchev–Trinajstić information content (AvgIpc) is 2.82. The summed E-state index contributed by atoms with van der Waals surface area (Å²) in [6.07, 6.45) is 2.62. The first-order valence-corrected chi connectivity index (χ1v) is 11.7. The molecule has 2 heterocycles. The zero-order chi connectivity index (χ0) is 22.9. The number of methoxy groups -OCH3 is 1. The normalized spacial score (nSPS) is 14.9. The van der Waals surface area contributed by atoms with Gasteiger partial charge in [0.25, 0.3) is 11.5 Å². The molecule has 0 unspecified atom stereocenters. The number of piperidine rings is 1. The number of hydrogen-bond donors (Lipinski definition) is 1. The van der Waals surface area contributed by atoms with Gasteiger partial charge in [-0.1, -0.05) is 24.6 Å². The van der Waals surface area contributed by atoms with E-state index in [4.69, 9.17) is 4.74 Å². The smallest absolute Gasteiger partial charge is 0.276 e. The van der Waals surface area contributed by atoms with Gasteiger partial charge in [-0.2, -0.15) is 9.40 Å². The van der Waals surface area contributed by atoms with Crippen LogP contribution in [0.15, 0.2) is 52.2 Å². The maximum Gasteiger partial charge on any atom is 0.276 e. The van der Waals surface area contributed by atoms with Crippen molar-refractivity contribution in [3.05, 3.63) is 58.5 Å². The quantitative estimate of drug-likeness (QED) is 0.631. The summed E-state index contributed by atoms with van der Waals surface area (Å²) in [6.45, 7) is 0.909. The van der Waals surface area contributed by atoms with E-state index in [0.717, 1.165) is 23.9 Å². The Morgan fingerprint density at radius 2 is 1.75 bits per heavy atom. The minimum Gasteiger partial charge on any atom is -0.495 e. The van der Waals surface area contributed by atoms with Crippen molar-refractivity contribution in [3.63, 3.8) is 0 Å². The standard InChI is InChI=1S/C22H24N4O5S/c1-25-22(28)17-9-5-4-8-16(17)20(24-25)21(27)23-15-10-11-18(31-2)19(14-15)32(29,30)26-12-6-3-7-13-26/h4-5,8-11,14H,3,6-7,12-13H2,1-2H3,(H,23,27). The number of hydrogen-bond acceptors (Lipinski definition) is 6. The van der Waals surface area contributed by atoms with Crippen molar-refractivity contribution in [3.8, 4) is 5.75 Å². The molecule has 168 valence electrons. The molecule has 4 rings (SSSR count). The zero-order valence-electron chi connectivity index (χ0n) is 17.9. The van der Waals surface area contributed by atoms with Gasteiger partial charge >= 0.3 is 0 Å². The fourth-order valence-corrected chi connectivity index (χ4v) is 5.56. The summed E-state index contributed by atoms with van der Waals surface area (Å²) >= 11 is 0. The molecular weight excluding hydrogens is 432 g/mol. The number of carbonyl (C=O) groups excluding carboxylic acids is 1. The predicted octanol–water partition coefficient (Wildman–Crippen LogP) is 2.37. The Balaban J connectivity index is 1.71. The second-order valence-electron chi connectivity index (χ2n) is 7.61. The summed E-state index contributed by atoms with van der Waals surface area (Å²) in [6, 6.07) is 11.2. The molecule has 1 fully saturated rings. The second-order valence-corrected chi connectivity index (χ2v) is 9.51. The second kappa shape index (κ2) is 8.71. The summed E-state index contributed by atoms with van der Waals surface area (Å²) in [4.78, 5) is 25.3. The first-order valence-electron chi connectivity index (χ1n) is 10.3. The van der Waals surface area contributed by atoms with E-state index < -0.39 is 15.9 Å². The van der Waals surface area contributed by atoms with Crippen LogP contribution in [-0.4, -0.2) is 48.6 Å². The number of benzene rings is 2. The van der Waals surface area contributed by atoms with E-state index in [1.807, 2.05) is 0 Å². The highest BCUT2D eigenvalue weighted by atomic mass is 32.2. The molecule has 32 heavy (non-hydrogen) atoms. The summed E-state index contributed by atoms with van der Waals surface area (Å²) in [5.41, 5.74) is 0.0431. The lowest BCUT2D eigenvalue weighted by atomic mass is 10.1. The molecule has 0 spiro atoms. The van der Waals surface area contributed by atoms with Gasteiger partial charge in [0.05, 0.1) is 12.5 Å². The van der Waals surface area contributed by atoms with Crippen LogP contribution in [0.3, 0.4) is 0 Å². The van der Waals surface area contributed by atoms with Crippen LogP contribution in [0.1, 0.15) is 29.8 Å². The highest BCUT2D eigenvalue weighted by Crippen LogP contribution is 2.31. The Morgan fingerprint density at radius 1 is 1.06 bits per heavy atom. The van der Waals surface area contributed by atoms with Crippen LogP contribution < -0.4 is 15.6 Å². The molecule has 0 saturated carbocycles. The van der Waals surface area contributed by atoms with Crippen LogP contribution in [0.25, 0.3) is 10.8 Å². The average molecular weight is 457 g/mol. The van der Waals surface area contributed by atoms with Gasteiger partial charge in [0, 0.05) is 31.2 Å². The van der Waals surface area contributed by atoms with Crippen molar-refractivity contribution in [2.45, 2.75) is 24.2 Å². The molecule has 9 nitrogen and oxygen atoms in total. The molecule has 1 saturated heterocycles. The van der Waals surface area contributed by atoms with Crippen molar-refractivity contribution in [1.82, 2.24) is 14.1 Å². The molecule has 2 aromatic carbocycles. The van der Waals surface area contributed by atoms with Gasteiger partial charge in [-0.15, -0.1) is 0 Å². The van der Waals surface area contributed by atoms with Crippen LogP contribution >= 0.6 is 0 Å². The Bertz CT molecular complexity index is 1340. The summed E-state index contributed by atoms with van der Waals surface area (Å²) in [5, 5.41) is 7.62. The Hall–Kier alpha value is -3.24. The first kappa shape index (κ1) is 22.0. The summed E-state index contributed by atoms with van der Waals surface area (Å²) < 4.78 is 34.3. The van der Waals surface area contributed by atoms with Gasteiger partial charge < -0.3 is 10.1 Å². The molecule has 0 atom stereocenters. The molecule has 0 aliphatic carbocycles. The maximum atomic E-state index is 13.2. The molecule has 1 aliphatic heterocycles. The first-order chi connectivity index (χ1) is 15.3. The molecule has 1 aliphatic rings. The van der Waals surface area contributed by atoms with E-state index in [1.54, 1.807) is 30.3 Å². The molecule has 1 aromatic heterocycles. The third-order valence-electron chi connectivity index (χ3n) is 5.53. The van der Waals surface area contributed by atoms with Gasteiger partial charge in [-0.05, 0) is 37.1 Å². The Morgan fingerprint density at radius 3 is 2.44 bits per heavy atom. The number of nitrogens with one attached hydrogen (secondary N) is 1. The fourth-order valence-electron chi connectivity index (χ4n) is 3.86. The summed E-state index contributed by atoms with van der Waals surface area (Å²) in [7, 11) is -0.898. The predicted molar refractivity (Wildman–Crippen MR) is 121 cm³/mol. The lowest BCUT2D eigenvalue weighted by molar-refractivity contribution is 0.102. The fraction of sp³-hybridized carbons (Fsp3) is 0.318. The van der Waals surface area contributed by atoms with Crippen LogP contribution in [-0.2, 0) is 17.1 Å². The van der Waals surface area contributed by atoms with Crippen LogP contribution in [0.2, 0.25) is 0 Å². The van der Waals surface area contributed by atoms with Crippen molar-refractivity contribution < 1.29 is 17.9 Å². The number of aryl methyl sites for hydroxylation is 1. The lowest BCUT2D eigenvalue weighted by Crippen LogP contribution is -2.35. The zero-order valence-corrected chi connectivity index (χ0v) is 18.7. The summed E-state index contributed by atoms with van der Waals surface area (Å²) in [5.74, 6) is -0.345. The maximum absolute atomic E-state index is 13.2. The van der Waals surface area contributed by atoms with Gasteiger partial charge in [-0.3, -0.25) is 9.59 Å². The topological polar surface area (TPSA) is 111 Å². The highest BCUT2D eigenvalue weighted by Gasteiger charge is 2.29. The third-order valence-corrected chi connectivity index (χ3v) is 7.45. The van der Waals surface area contributed by atoms with Gasteiger partial charge in [0.1, 0.15) is 10.6 Å². The van der Waals surface area contributed by atoms with Gasteiger partial charge in [-0.25, -0.2) is 13.1 Å². The number of sulfonamides is 1. The molecule has 0 bridgehead atoms. The van der Waals surface area contributed by atoms with Gasteiger partial charge in [0.2, 0.25) is 10.0 Å². The molecule has 3 aromatic rings. The number of ether oxygens (including phenoxy) is 1. The monoisotopic (exact) mass is 456 g/mol. The SMILES string of the molecule is COc1ccc(NC(=O)c2nn(C)c(=O)c3ccccc23)cc1S(=O)(=O)N1CCCCC1. The molecule has 10 heteroatoms. The van der Waals surface area contributed by atoms with Crippen molar-refractivity contribution in [2.24, 2.45) is 7.05 Å². The van der Waals surface area contributed by atoms with Gasteiger partial charge in [0.15, 0.2) is 5.69 Å². The molecular formula is C22H24N4O5S. The number of rotatable bonds is 5. The molecule has 1 N–H and O–H groups in total. The van der Waals surface area contributed by atoms with E-state index in [9.17, 15) is 18.0 Å². The highest BCUT2D eigenvalue weighted by molar-refractivity contribution is 7.89. The van der Waals surface area contributed by atoms with Crippen molar-refractivity contribution in [2.75, 3.05) is 25.5 Å². The number of amides is 1. The number of anilines is 1. The van der Waals surface area contributed by atoms with E-state index in [0.29, 0.717) is 23.9 Å². The van der Waals surface area contributed by atoms with Crippen molar-refractivity contribution in [1.29, 1.82) is 0 Å². The lowest BCUT2D eigenvalue weighted by Gasteiger charge is -2.26. The number of carbonyl (C=O) groups is 1. The van der Waals surface area contributed by atoms with Crippen LogP contribution in [0.4, 0.5) is 5.69 Å². The van der Waals surface area contributed by atoms with E-state index >= 15 is 0 Å². The van der Waals surface area contributed by atoms with Crippen LogP contribution in [0, 0.1) is 0 Å². The molecule has 0 radical (unpaired) electrons. The Kier molecular flexibility index (Phi) is 5.98. The largest absolute Gasteiger partial charge is 0.495 e. The van der Waals surface area contributed by atoms with E-state index in [2.05, 4.69) is 10.4 Å². The number of aromatic nitrogens is 2. The van der Waals surface area contributed by atoms with E-state index in [1.165, 1.54) is 30.6 Å².